The molecule has 71 heavy (non-hydrogen) atoms. The molecule has 0 spiro atoms. The first-order valence-electron chi connectivity index (χ1n) is 23.5. The van der Waals surface area contributed by atoms with Crippen LogP contribution in [0, 0.1) is 23.7 Å². The van der Waals surface area contributed by atoms with Gasteiger partial charge in [-0.05, 0) is 57.4 Å². The molecule has 392 valence electrons. The summed E-state index contributed by atoms with van der Waals surface area (Å²) in [4.78, 5) is 126. The number of allylic oxidation sites excluding steroid dienone is 2. The van der Waals surface area contributed by atoms with Gasteiger partial charge in [0.2, 0.25) is 35.4 Å². The van der Waals surface area contributed by atoms with Crippen LogP contribution in [-0.4, -0.2) is 137 Å². The van der Waals surface area contributed by atoms with Crippen LogP contribution < -0.4 is 43.4 Å². The Morgan fingerprint density at radius 3 is 2.03 bits per heavy atom. The summed E-state index contributed by atoms with van der Waals surface area (Å²) in [5.41, 5.74) is 12.4. The van der Waals surface area contributed by atoms with Crippen LogP contribution in [0.5, 0.6) is 0 Å². The number of methoxy groups -OCH3 is 1. The van der Waals surface area contributed by atoms with Gasteiger partial charge in [0, 0.05) is 33.0 Å². The normalized spacial score (nSPS) is 25.3. The molecule has 1 aliphatic heterocycles. The predicted octanol–water partition coefficient (Wildman–Crippen LogP) is 0.618. The van der Waals surface area contributed by atoms with E-state index in [1.54, 1.807) is 34.0 Å². The van der Waals surface area contributed by atoms with Gasteiger partial charge in [0.1, 0.15) is 35.9 Å². The maximum Gasteiger partial charge on any atom is 0.327 e. The minimum Gasteiger partial charge on any atom is -0.480 e. The van der Waals surface area contributed by atoms with Crippen molar-refractivity contribution in [3.63, 3.8) is 0 Å². The Bertz CT molecular complexity index is 2160. The summed E-state index contributed by atoms with van der Waals surface area (Å²) in [6.45, 7) is 14.9. The van der Waals surface area contributed by atoms with Gasteiger partial charge >= 0.3 is 11.9 Å². The van der Waals surface area contributed by atoms with Crippen LogP contribution in [0.15, 0.2) is 71.4 Å². The number of amides is 7. The number of carboxylic acids is 2. The van der Waals surface area contributed by atoms with Crippen LogP contribution in [0.1, 0.15) is 86.1 Å². The van der Waals surface area contributed by atoms with Crippen molar-refractivity contribution in [2.75, 3.05) is 20.7 Å². The van der Waals surface area contributed by atoms with Crippen molar-refractivity contribution in [2.24, 2.45) is 40.1 Å². The molecule has 1 heterocycles. The zero-order valence-electron chi connectivity index (χ0n) is 42.2. The molecule has 12 N–H and O–H groups in total. The molecule has 7 amide bonds. The average Bonchev–Trinajstić information content (AvgIpc) is 3.31. The number of carbonyl (C=O) groups excluding carboxylic acids is 7. The fraction of sp³-hybridized carbons (Fsp3) is 0.551. The van der Waals surface area contributed by atoms with E-state index in [2.05, 4.69) is 43.5 Å². The van der Waals surface area contributed by atoms with E-state index in [9.17, 15) is 53.4 Å². The van der Waals surface area contributed by atoms with Crippen LogP contribution in [0.25, 0.3) is 0 Å². The third kappa shape index (κ3) is 20.0. The maximum atomic E-state index is 14.4. The summed E-state index contributed by atoms with van der Waals surface area (Å²) < 4.78 is 5.81. The third-order valence-electron chi connectivity index (χ3n) is 12.0. The molecule has 0 aromatic heterocycles. The topological polar surface area (TPSA) is 343 Å². The maximum absolute atomic E-state index is 14.4. The number of nitrogens with one attached hydrogen (secondary N) is 6. The van der Waals surface area contributed by atoms with Gasteiger partial charge in [-0.15, -0.1) is 0 Å². The number of likely N-dealkylation sites (N-methyl/N-ethyl adjacent to an activating group) is 1. The van der Waals surface area contributed by atoms with Gasteiger partial charge in [0.15, 0.2) is 5.96 Å². The summed E-state index contributed by atoms with van der Waals surface area (Å²) >= 11 is 0. The fourth-order valence-corrected chi connectivity index (χ4v) is 7.46. The van der Waals surface area contributed by atoms with Crippen molar-refractivity contribution in [1.29, 1.82) is 0 Å². The molecule has 0 bridgehead atoms. The second-order valence-corrected chi connectivity index (χ2v) is 18.3. The number of nitrogens with zero attached hydrogens (tertiary/aromatic N) is 2. The monoisotopic (exact) mass is 995 g/mol. The zero-order chi connectivity index (χ0) is 53.7. The Labute approximate surface area is 415 Å². The van der Waals surface area contributed by atoms with Gasteiger partial charge in [-0.25, -0.2) is 9.59 Å². The van der Waals surface area contributed by atoms with E-state index in [0.29, 0.717) is 12.0 Å². The summed E-state index contributed by atoms with van der Waals surface area (Å²) in [5.74, 6) is -12.6. The minimum atomic E-state index is -1.88. The Balaban J connectivity index is 2.73. The van der Waals surface area contributed by atoms with Gasteiger partial charge in [0.25, 0.3) is 5.91 Å². The highest BCUT2D eigenvalue weighted by atomic mass is 16.5. The van der Waals surface area contributed by atoms with Crippen LogP contribution in [0.4, 0.5) is 0 Å². The molecule has 0 saturated carbocycles. The van der Waals surface area contributed by atoms with E-state index in [-0.39, 0.29) is 49.7 Å². The molecule has 10 atom stereocenters. The molecule has 22 nitrogen and oxygen atoms in total. The Kier molecular flexibility index (Phi) is 24.7. The van der Waals surface area contributed by atoms with Crippen LogP contribution in [0.2, 0.25) is 0 Å². The number of rotatable bonds is 15. The number of ether oxygens (including phenoxy) is 1. The van der Waals surface area contributed by atoms with Crippen LogP contribution >= 0.6 is 0 Å². The Morgan fingerprint density at radius 2 is 1.45 bits per heavy atom. The highest BCUT2D eigenvalue weighted by molar-refractivity contribution is 6.00. The van der Waals surface area contributed by atoms with Gasteiger partial charge in [-0.2, -0.15) is 0 Å². The largest absolute Gasteiger partial charge is 0.480 e. The number of benzene rings is 1. The van der Waals surface area contributed by atoms with E-state index in [1.165, 1.54) is 33.9 Å². The van der Waals surface area contributed by atoms with Crippen molar-refractivity contribution < 1.29 is 58.1 Å². The number of aliphatic imine (C=N–C) groups is 1. The number of aliphatic carboxylic acids is 2. The first-order chi connectivity index (χ1) is 33.3. The molecule has 1 saturated heterocycles. The molecular formula is C49H74N10O12. The quantitative estimate of drug-likeness (QED) is 0.0379. The third-order valence-corrected chi connectivity index (χ3v) is 12.0. The van der Waals surface area contributed by atoms with E-state index in [1.807, 2.05) is 43.3 Å². The first kappa shape index (κ1) is 60.0. The number of hydrogen-bond acceptors (Lipinski definition) is 11. The van der Waals surface area contributed by atoms with Crippen molar-refractivity contribution in [1.82, 2.24) is 36.8 Å². The summed E-state index contributed by atoms with van der Waals surface area (Å²) in [6, 6.07) is 0.998. The van der Waals surface area contributed by atoms with Gasteiger partial charge in [-0.1, -0.05) is 95.3 Å². The van der Waals surface area contributed by atoms with Gasteiger partial charge in [-0.3, -0.25) is 38.6 Å². The second kappa shape index (κ2) is 29.2. The molecule has 22 heteroatoms. The predicted molar refractivity (Wildman–Crippen MR) is 264 cm³/mol. The molecule has 1 fully saturated rings. The first-order valence-corrected chi connectivity index (χ1v) is 23.5. The second-order valence-electron chi connectivity index (χ2n) is 18.3. The molecule has 0 unspecified atom stereocenters. The molecule has 1 aromatic carbocycles. The lowest BCUT2D eigenvalue weighted by atomic mass is 9.94. The van der Waals surface area contributed by atoms with E-state index in [4.69, 9.17) is 16.2 Å². The Morgan fingerprint density at radius 1 is 0.845 bits per heavy atom. The molecule has 1 aliphatic rings. The lowest BCUT2D eigenvalue weighted by Crippen LogP contribution is -2.59. The van der Waals surface area contributed by atoms with Crippen molar-refractivity contribution in [3.05, 3.63) is 72.0 Å². The molecule has 0 aliphatic carbocycles. The number of nitrogens with two attached hydrogens (primary N) is 2. The van der Waals surface area contributed by atoms with E-state index >= 15 is 0 Å². The van der Waals surface area contributed by atoms with Gasteiger partial charge < -0.3 is 63.2 Å². The SMILES string of the molecule is C=C1C(=O)N[C@H](C)C(=O)N[C@@H](CC(C)C)C(=O)N[C@@H](C(=O)O)[C@H](C)C(=O)N[C@@H](CCCN=C(N)N)C(=O)N[C@@H](/C=C/C(C)=C\[C@H](C)[C@H](Cc2ccccc2)OC)[C@H](C)C(=O)N[C@@H](C(=O)O)CCC(=O)N1C. The van der Waals surface area contributed by atoms with Crippen molar-refractivity contribution in [2.45, 2.75) is 129 Å². The summed E-state index contributed by atoms with van der Waals surface area (Å²) in [5, 5.41) is 35.5. The van der Waals surface area contributed by atoms with E-state index < -0.39 is 120 Å². The standard InChI is InChI=1S/C49H74N10O12/c1-26(2)23-37-46(66)58-40(48(69)70)30(6)42(62)55-35(17-14-22-52-49(50)51)45(65)54-34(19-18-27(3)24-28(4)38(71-10)25-33-15-12-11-13-16-33)29(5)41(61)56-36(47(67)68)20-21-39(60)59(9)32(8)44(64)53-31(7)43(63)57-37/h11-13,15-16,18-19,24,26,28-31,34-38,40H,8,14,17,20-23,25H2,1-7,9-10H3,(H,53,64)(H,54,65)(H,55,62)(H,56,61)(H,57,63)(H,58,66)(H,67,68)(H,69,70)(H4,50,51,52)/b19-18+,27-24-/t28-,29-,30-,31+,34-,35-,36+,37-,38-,40+/m0/s1. The molecule has 1 aromatic rings. The summed E-state index contributed by atoms with van der Waals surface area (Å²) in [7, 11) is 2.82. The van der Waals surface area contributed by atoms with Crippen molar-refractivity contribution >= 4 is 59.2 Å². The van der Waals surface area contributed by atoms with Gasteiger partial charge in [0.05, 0.1) is 24.0 Å². The number of guanidine groups is 1. The lowest BCUT2D eigenvalue weighted by Gasteiger charge is -2.28. The molecular weight excluding hydrogens is 921 g/mol. The lowest BCUT2D eigenvalue weighted by molar-refractivity contribution is -0.146. The number of hydrogen-bond donors (Lipinski definition) is 10. The minimum absolute atomic E-state index is 0.00610. The number of carboxylic acid groups (broad SMARTS) is 2. The fourth-order valence-electron chi connectivity index (χ4n) is 7.46. The molecule has 2 rings (SSSR count). The highest BCUT2D eigenvalue weighted by Gasteiger charge is 2.37. The molecule has 0 radical (unpaired) electrons. The smallest absolute Gasteiger partial charge is 0.327 e. The average molecular weight is 995 g/mol. The van der Waals surface area contributed by atoms with Crippen molar-refractivity contribution in [3.8, 4) is 0 Å². The van der Waals surface area contributed by atoms with E-state index in [0.717, 1.165) is 10.5 Å². The van der Waals surface area contributed by atoms with Crippen LogP contribution in [-0.2, 0) is 54.3 Å². The summed E-state index contributed by atoms with van der Waals surface area (Å²) in [6.07, 6.45) is 4.64. The Hall–Kier alpha value is -7.10. The van der Waals surface area contributed by atoms with Crippen LogP contribution in [0.3, 0.4) is 0 Å². The number of carbonyl (C=O) groups is 9. The highest BCUT2D eigenvalue weighted by Crippen LogP contribution is 2.19. The zero-order valence-corrected chi connectivity index (χ0v) is 42.2.